The molecule has 1 aromatic carbocycles. The van der Waals surface area contributed by atoms with E-state index in [4.69, 9.17) is 4.43 Å². The van der Waals surface area contributed by atoms with E-state index in [2.05, 4.69) is 26.2 Å². The summed E-state index contributed by atoms with van der Waals surface area (Å²) < 4.78 is 43.5. The summed E-state index contributed by atoms with van der Waals surface area (Å²) in [7, 11) is -1.70. The third-order valence-corrected chi connectivity index (χ3v) is 5.30. The lowest BCUT2D eigenvalue weighted by Crippen LogP contribution is -2.30. The fourth-order valence-electron chi connectivity index (χ4n) is 1.59. The molecule has 22 heavy (non-hydrogen) atoms. The average Bonchev–Trinajstić information content (AvgIpc) is 2.34. The van der Waals surface area contributed by atoms with Gasteiger partial charge in [-0.25, -0.2) is 0 Å². The first-order valence-electron chi connectivity index (χ1n) is 7.00. The second kappa shape index (κ2) is 6.70. The molecule has 1 nitrogen and oxygen atoms in total. The summed E-state index contributed by atoms with van der Waals surface area (Å²) >= 11 is 1.51. The van der Waals surface area contributed by atoms with E-state index >= 15 is 0 Å². The van der Waals surface area contributed by atoms with Gasteiger partial charge < -0.3 is 4.43 Å². The highest BCUT2D eigenvalue weighted by molar-refractivity contribution is 7.99. The first-order valence-corrected chi connectivity index (χ1v) is 11.4. The van der Waals surface area contributed by atoms with E-state index in [0.29, 0.717) is 5.75 Å². The molecular formula is C16H23F3OSSi. The van der Waals surface area contributed by atoms with Gasteiger partial charge in [-0.2, -0.15) is 13.2 Å². The Morgan fingerprint density at radius 3 is 2.05 bits per heavy atom. The SMILES string of the molecule is C=C(O[Si](C)(C)C)C(C)(C)CSc1ccc(C(F)(F)F)cc1. The Balaban J connectivity index is 2.67. The van der Waals surface area contributed by atoms with Gasteiger partial charge in [-0.05, 0) is 43.9 Å². The zero-order valence-corrected chi connectivity index (χ0v) is 15.5. The largest absolute Gasteiger partial charge is 0.547 e. The van der Waals surface area contributed by atoms with Crippen LogP contribution in [0.25, 0.3) is 0 Å². The minimum Gasteiger partial charge on any atom is -0.547 e. The van der Waals surface area contributed by atoms with Crippen LogP contribution < -0.4 is 0 Å². The number of hydrogen-bond acceptors (Lipinski definition) is 2. The van der Waals surface area contributed by atoms with Crippen LogP contribution in [0.1, 0.15) is 19.4 Å². The Morgan fingerprint density at radius 1 is 1.14 bits per heavy atom. The molecule has 6 heteroatoms. The van der Waals surface area contributed by atoms with Gasteiger partial charge >= 0.3 is 6.18 Å². The Labute approximate surface area is 136 Å². The van der Waals surface area contributed by atoms with E-state index in [-0.39, 0.29) is 5.41 Å². The van der Waals surface area contributed by atoms with E-state index in [9.17, 15) is 13.2 Å². The number of alkyl halides is 3. The number of rotatable bonds is 6. The maximum atomic E-state index is 12.5. The summed E-state index contributed by atoms with van der Waals surface area (Å²) in [6, 6.07) is 5.24. The number of hydrogen-bond donors (Lipinski definition) is 0. The van der Waals surface area contributed by atoms with Gasteiger partial charge in [0.1, 0.15) is 0 Å². The van der Waals surface area contributed by atoms with Crippen molar-refractivity contribution in [3.63, 3.8) is 0 Å². The minimum atomic E-state index is -4.29. The van der Waals surface area contributed by atoms with Gasteiger partial charge in [-0.15, -0.1) is 11.8 Å². The van der Waals surface area contributed by atoms with Crippen LogP contribution in [-0.2, 0) is 10.6 Å². The van der Waals surface area contributed by atoms with Crippen molar-refractivity contribution < 1.29 is 17.6 Å². The molecular weight excluding hydrogens is 325 g/mol. The van der Waals surface area contributed by atoms with Crippen molar-refractivity contribution >= 4 is 20.1 Å². The number of halogens is 3. The smallest absolute Gasteiger partial charge is 0.416 e. The molecule has 0 spiro atoms. The Kier molecular flexibility index (Phi) is 5.84. The van der Waals surface area contributed by atoms with Crippen LogP contribution in [0.15, 0.2) is 41.5 Å². The third kappa shape index (κ3) is 6.08. The molecule has 0 aliphatic carbocycles. The van der Waals surface area contributed by atoms with Crippen molar-refractivity contribution in [1.29, 1.82) is 0 Å². The maximum Gasteiger partial charge on any atom is 0.416 e. The molecule has 0 amide bonds. The molecule has 0 bridgehead atoms. The second-order valence-electron chi connectivity index (χ2n) is 6.83. The quantitative estimate of drug-likeness (QED) is 0.344. The topological polar surface area (TPSA) is 9.23 Å². The lowest BCUT2D eigenvalue weighted by Gasteiger charge is -2.32. The molecule has 0 saturated heterocycles. The normalized spacial score (nSPS) is 13.1. The molecule has 0 heterocycles. The summed E-state index contributed by atoms with van der Waals surface area (Å²) in [5.41, 5.74) is -0.865. The maximum absolute atomic E-state index is 12.5. The lowest BCUT2D eigenvalue weighted by atomic mass is 9.95. The lowest BCUT2D eigenvalue weighted by molar-refractivity contribution is -0.137. The van der Waals surface area contributed by atoms with E-state index in [1.165, 1.54) is 23.9 Å². The van der Waals surface area contributed by atoms with Gasteiger partial charge in [-0.1, -0.05) is 20.4 Å². The van der Waals surface area contributed by atoms with Crippen LogP contribution in [0, 0.1) is 5.41 Å². The van der Waals surface area contributed by atoms with Gasteiger partial charge in [0.2, 0.25) is 8.32 Å². The zero-order chi connectivity index (χ0) is 17.2. The standard InChI is InChI=1S/C16H23F3OSSi/c1-12(20-22(4,5)6)15(2,3)11-21-14-9-7-13(8-10-14)16(17,18)19/h7-10H,1,11H2,2-6H3. The second-order valence-corrected chi connectivity index (χ2v) is 12.3. The molecule has 0 aliphatic heterocycles. The molecule has 0 N–H and O–H groups in total. The predicted molar refractivity (Wildman–Crippen MR) is 89.5 cm³/mol. The monoisotopic (exact) mass is 348 g/mol. The Bertz CT molecular complexity index is 516. The molecule has 124 valence electrons. The van der Waals surface area contributed by atoms with Crippen molar-refractivity contribution in [3.05, 3.63) is 42.2 Å². The van der Waals surface area contributed by atoms with Gasteiger partial charge in [0.15, 0.2) is 0 Å². The Hall–Kier alpha value is -0.883. The van der Waals surface area contributed by atoms with Crippen LogP contribution in [0.5, 0.6) is 0 Å². The van der Waals surface area contributed by atoms with Gasteiger partial charge in [-0.3, -0.25) is 0 Å². The number of thioether (sulfide) groups is 1. The van der Waals surface area contributed by atoms with E-state index in [0.717, 1.165) is 22.8 Å². The highest BCUT2D eigenvalue weighted by atomic mass is 32.2. The van der Waals surface area contributed by atoms with E-state index in [1.807, 2.05) is 13.8 Å². The van der Waals surface area contributed by atoms with Crippen molar-refractivity contribution in [2.45, 2.75) is 44.6 Å². The highest BCUT2D eigenvalue weighted by Gasteiger charge is 2.30. The molecule has 1 aromatic rings. The van der Waals surface area contributed by atoms with Crippen LogP contribution in [0.3, 0.4) is 0 Å². The van der Waals surface area contributed by atoms with Crippen LogP contribution >= 0.6 is 11.8 Å². The summed E-state index contributed by atoms with van der Waals surface area (Å²) in [5.74, 6) is 1.44. The minimum absolute atomic E-state index is 0.242. The molecule has 0 aromatic heterocycles. The third-order valence-electron chi connectivity index (χ3n) is 2.97. The summed E-state index contributed by atoms with van der Waals surface area (Å²) in [6.45, 7) is 14.4. The van der Waals surface area contributed by atoms with Gasteiger partial charge in [0, 0.05) is 16.1 Å². The molecule has 0 radical (unpaired) electrons. The summed E-state index contributed by atoms with van der Waals surface area (Å²) in [5, 5.41) is 0. The zero-order valence-electron chi connectivity index (χ0n) is 13.7. The van der Waals surface area contributed by atoms with Crippen LogP contribution in [-0.4, -0.2) is 14.1 Å². The molecule has 0 atom stereocenters. The summed E-state index contributed by atoms with van der Waals surface area (Å²) in [4.78, 5) is 0.807. The van der Waals surface area contributed by atoms with Crippen molar-refractivity contribution in [2.24, 2.45) is 5.41 Å². The molecule has 1 rings (SSSR count). The molecule has 0 aliphatic rings. The number of allylic oxidation sites excluding steroid dienone is 1. The van der Waals surface area contributed by atoms with Crippen LogP contribution in [0.4, 0.5) is 13.2 Å². The van der Waals surface area contributed by atoms with Gasteiger partial charge in [0.25, 0.3) is 0 Å². The highest BCUT2D eigenvalue weighted by Crippen LogP contribution is 2.36. The Morgan fingerprint density at radius 2 is 1.64 bits per heavy atom. The van der Waals surface area contributed by atoms with Crippen molar-refractivity contribution in [2.75, 3.05) is 5.75 Å². The number of benzene rings is 1. The fourth-order valence-corrected chi connectivity index (χ4v) is 3.62. The first kappa shape index (κ1) is 19.2. The fraction of sp³-hybridized carbons (Fsp3) is 0.500. The van der Waals surface area contributed by atoms with Crippen molar-refractivity contribution in [3.8, 4) is 0 Å². The molecule has 0 unspecified atom stereocenters. The predicted octanol–water partition coefficient (Wildman–Crippen LogP) is 6.19. The summed E-state index contributed by atoms with van der Waals surface area (Å²) in [6.07, 6.45) is -4.29. The first-order chi connectivity index (χ1) is 9.81. The van der Waals surface area contributed by atoms with E-state index < -0.39 is 20.1 Å². The average molecular weight is 349 g/mol. The van der Waals surface area contributed by atoms with Crippen molar-refractivity contribution in [1.82, 2.24) is 0 Å². The van der Waals surface area contributed by atoms with Crippen LogP contribution in [0.2, 0.25) is 19.6 Å². The van der Waals surface area contributed by atoms with E-state index in [1.54, 1.807) is 0 Å². The molecule has 0 fully saturated rings. The molecule has 0 saturated carbocycles. The van der Waals surface area contributed by atoms with Gasteiger partial charge in [0.05, 0.1) is 11.3 Å².